The van der Waals surface area contributed by atoms with Crippen molar-refractivity contribution in [3.05, 3.63) is 47.5 Å². The van der Waals surface area contributed by atoms with Crippen molar-refractivity contribution in [2.24, 2.45) is 11.8 Å². The molecule has 0 bridgehead atoms. The van der Waals surface area contributed by atoms with Crippen LogP contribution in [0.15, 0.2) is 36.4 Å². The highest BCUT2D eigenvalue weighted by atomic mass is 14.2. The fourth-order valence-corrected chi connectivity index (χ4v) is 5.03. The van der Waals surface area contributed by atoms with Crippen LogP contribution in [0.5, 0.6) is 0 Å². The van der Waals surface area contributed by atoms with E-state index in [1.807, 2.05) is 0 Å². The number of benzene rings is 2. The Morgan fingerprint density at radius 1 is 0.600 bits per heavy atom. The number of unbranched alkanes of at least 4 members (excludes halogenated alkanes) is 6. The second kappa shape index (κ2) is 14.7. The molecule has 0 spiro atoms. The third-order valence-corrected chi connectivity index (χ3v) is 7.23. The van der Waals surface area contributed by atoms with Crippen LogP contribution in [-0.4, -0.2) is 0 Å². The average Bonchev–Trinajstić information content (AvgIpc) is 2.78. The van der Waals surface area contributed by atoms with Crippen molar-refractivity contribution in [1.82, 2.24) is 0 Å². The fourth-order valence-electron chi connectivity index (χ4n) is 5.03. The molecule has 0 radical (unpaired) electrons. The number of rotatable bonds is 16. The van der Waals surface area contributed by atoms with Crippen LogP contribution in [0.1, 0.15) is 116 Å². The van der Waals surface area contributed by atoms with E-state index in [2.05, 4.69) is 64.1 Å². The molecule has 2 unspecified atom stereocenters. The Hall–Kier alpha value is -1.30. The van der Waals surface area contributed by atoms with Gasteiger partial charge >= 0.3 is 0 Å². The summed E-state index contributed by atoms with van der Waals surface area (Å²) in [7, 11) is 0. The van der Waals surface area contributed by atoms with Gasteiger partial charge in [-0.3, -0.25) is 0 Å². The molecule has 0 aliphatic carbocycles. The molecule has 0 saturated heterocycles. The second-order valence-corrected chi connectivity index (χ2v) is 9.58. The number of hydrogen-bond donors (Lipinski definition) is 0. The third kappa shape index (κ3) is 8.09. The Morgan fingerprint density at radius 2 is 1.20 bits per heavy atom. The van der Waals surface area contributed by atoms with Crippen molar-refractivity contribution >= 4 is 10.8 Å². The van der Waals surface area contributed by atoms with Gasteiger partial charge in [0.1, 0.15) is 0 Å². The Labute approximate surface area is 187 Å². The van der Waals surface area contributed by atoms with Crippen molar-refractivity contribution in [2.75, 3.05) is 0 Å². The second-order valence-electron chi connectivity index (χ2n) is 9.58. The maximum absolute atomic E-state index is 2.47. The van der Waals surface area contributed by atoms with Gasteiger partial charge in [-0.25, -0.2) is 0 Å². The summed E-state index contributed by atoms with van der Waals surface area (Å²) in [6.07, 6.45) is 19.0. The Morgan fingerprint density at radius 3 is 1.80 bits per heavy atom. The maximum atomic E-state index is 2.47. The molecule has 0 aliphatic rings. The minimum absolute atomic E-state index is 0.830. The van der Waals surface area contributed by atoms with Crippen LogP contribution >= 0.6 is 0 Å². The van der Waals surface area contributed by atoms with Gasteiger partial charge in [-0.1, -0.05) is 141 Å². The molecule has 0 fully saturated rings. The van der Waals surface area contributed by atoms with Crippen LogP contribution in [0, 0.1) is 11.8 Å². The van der Waals surface area contributed by atoms with Crippen LogP contribution in [0.4, 0.5) is 0 Å². The van der Waals surface area contributed by atoms with Gasteiger partial charge in [0.2, 0.25) is 0 Å². The van der Waals surface area contributed by atoms with Crippen LogP contribution in [0.2, 0.25) is 0 Å². The van der Waals surface area contributed by atoms with E-state index in [0.717, 1.165) is 11.8 Å². The molecule has 0 N–H and O–H groups in total. The molecule has 2 aromatic rings. The SMILES string of the molecule is CCCCCCC(CC)Cc1ccc2ccccc2c1CC(CC)CCCCCC. The summed E-state index contributed by atoms with van der Waals surface area (Å²) >= 11 is 0. The van der Waals surface area contributed by atoms with Crippen molar-refractivity contribution in [1.29, 1.82) is 0 Å². The smallest absolute Gasteiger partial charge is 0.0149 e. The highest BCUT2D eigenvalue weighted by Gasteiger charge is 2.16. The van der Waals surface area contributed by atoms with Gasteiger partial charge in [-0.05, 0) is 46.6 Å². The lowest BCUT2D eigenvalue weighted by atomic mass is 9.83. The zero-order chi connectivity index (χ0) is 21.6. The third-order valence-electron chi connectivity index (χ3n) is 7.23. The zero-order valence-corrected chi connectivity index (χ0v) is 20.5. The molecule has 0 heterocycles. The van der Waals surface area contributed by atoms with E-state index in [1.54, 1.807) is 11.1 Å². The minimum Gasteiger partial charge on any atom is -0.0654 e. The molecule has 0 saturated carbocycles. The molecule has 30 heavy (non-hydrogen) atoms. The molecule has 168 valence electrons. The van der Waals surface area contributed by atoms with Gasteiger partial charge in [-0.15, -0.1) is 0 Å². The van der Waals surface area contributed by atoms with Crippen LogP contribution in [0.25, 0.3) is 10.8 Å². The number of hydrogen-bond acceptors (Lipinski definition) is 0. The quantitative estimate of drug-likeness (QED) is 0.242. The van der Waals surface area contributed by atoms with Crippen LogP contribution in [0.3, 0.4) is 0 Å². The zero-order valence-electron chi connectivity index (χ0n) is 20.5. The van der Waals surface area contributed by atoms with Crippen molar-refractivity contribution in [3.8, 4) is 0 Å². The lowest BCUT2D eigenvalue weighted by Gasteiger charge is -2.22. The number of fused-ring (bicyclic) bond motifs is 1. The van der Waals surface area contributed by atoms with Crippen molar-refractivity contribution in [3.63, 3.8) is 0 Å². The lowest BCUT2D eigenvalue weighted by Crippen LogP contribution is -2.10. The van der Waals surface area contributed by atoms with Gasteiger partial charge in [0.25, 0.3) is 0 Å². The molecular weight excluding hydrogens is 360 g/mol. The summed E-state index contributed by atoms with van der Waals surface area (Å²) in [5, 5.41) is 2.94. The largest absolute Gasteiger partial charge is 0.0654 e. The first-order valence-corrected chi connectivity index (χ1v) is 13.2. The molecule has 2 rings (SSSR count). The summed E-state index contributed by atoms with van der Waals surface area (Å²) in [5.41, 5.74) is 3.31. The molecule has 0 amide bonds. The van der Waals surface area contributed by atoms with Gasteiger partial charge in [0.15, 0.2) is 0 Å². The van der Waals surface area contributed by atoms with Gasteiger partial charge in [-0.2, -0.15) is 0 Å². The molecule has 0 aromatic heterocycles. The summed E-state index contributed by atoms with van der Waals surface area (Å²) < 4.78 is 0. The molecule has 2 aromatic carbocycles. The molecule has 2 atom stereocenters. The Balaban J connectivity index is 2.17. The van der Waals surface area contributed by atoms with E-state index in [0.29, 0.717) is 0 Å². The van der Waals surface area contributed by atoms with Gasteiger partial charge in [0.05, 0.1) is 0 Å². The molecule has 0 nitrogen and oxygen atoms in total. The Bertz CT molecular complexity index is 698. The van der Waals surface area contributed by atoms with E-state index in [9.17, 15) is 0 Å². The van der Waals surface area contributed by atoms with E-state index >= 15 is 0 Å². The summed E-state index contributed by atoms with van der Waals surface area (Å²) in [6.45, 7) is 9.42. The maximum Gasteiger partial charge on any atom is -0.0149 e. The van der Waals surface area contributed by atoms with E-state index in [4.69, 9.17) is 0 Å². The van der Waals surface area contributed by atoms with E-state index < -0.39 is 0 Å². The average molecular weight is 409 g/mol. The highest BCUT2D eigenvalue weighted by molar-refractivity contribution is 5.86. The highest BCUT2D eigenvalue weighted by Crippen LogP contribution is 2.31. The topological polar surface area (TPSA) is 0 Å². The first-order chi connectivity index (χ1) is 14.7. The van der Waals surface area contributed by atoms with Gasteiger partial charge in [0, 0.05) is 0 Å². The first kappa shape index (κ1) is 25.0. The monoisotopic (exact) mass is 408 g/mol. The van der Waals surface area contributed by atoms with Crippen molar-refractivity contribution in [2.45, 2.75) is 118 Å². The summed E-state index contributed by atoms with van der Waals surface area (Å²) in [4.78, 5) is 0. The predicted molar refractivity (Wildman–Crippen MR) is 136 cm³/mol. The molecule has 0 heteroatoms. The fraction of sp³-hybridized carbons (Fsp3) is 0.667. The molecular formula is C30H48. The lowest BCUT2D eigenvalue weighted by molar-refractivity contribution is 0.426. The first-order valence-electron chi connectivity index (χ1n) is 13.2. The van der Waals surface area contributed by atoms with E-state index in [1.165, 1.54) is 101 Å². The van der Waals surface area contributed by atoms with Crippen LogP contribution in [-0.2, 0) is 12.8 Å². The predicted octanol–water partition coefficient (Wildman–Crippen LogP) is 9.92. The molecule has 0 aliphatic heterocycles. The van der Waals surface area contributed by atoms with Crippen molar-refractivity contribution < 1.29 is 0 Å². The summed E-state index contributed by atoms with van der Waals surface area (Å²) in [6, 6.07) is 13.9. The van der Waals surface area contributed by atoms with E-state index in [-0.39, 0.29) is 0 Å². The van der Waals surface area contributed by atoms with Gasteiger partial charge < -0.3 is 0 Å². The standard InChI is InChI=1S/C30H48/c1-5-9-11-13-17-25(7-3)23-28-22-21-27-19-15-16-20-29(27)30(28)24-26(8-4)18-14-12-10-6-2/h15-16,19-22,25-26H,5-14,17-18,23-24H2,1-4H3. The minimum atomic E-state index is 0.830. The van der Waals surface area contributed by atoms with Crippen LogP contribution < -0.4 is 0 Å². The summed E-state index contributed by atoms with van der Waals surface area (Å²) in [5.74, 6) is 1.67. The normalized spacial score (nSPS) is 13.6. The Kier molecular flexibility index (Phi) is 12.2.